The van der Waals surface area contributed by atoms with Gasteiger partial charge in [0.1, 0.15) is 0 Å². The summed E-state index contributed by atoms with van der Waals surface area (Å²) >= 11 is 0. The van der Waals surface area contributed by atoms with Crippen molar-refractivity contribution in [1.82, 2.24) is 4.57 Å². The molecule has 0 saturated carbocycles. The first-order valence-corrected chi connectivity index (χ1v) is 24.1. The van der Waals surface area contributed by atoms with E-state index in [0.717, 1.165) is 38.8 Å². The van der Waals surface area contributed by atoms with E-state index in [1.54, 1.807) is 0 Å². The predicted octanol–water partition coefficient (Wildman–Crippen LogP) is 12.8. The Morgan fingerprint density at radius 1 is 0.317 bits per heavy atom. The Balaban J connectivity index is 0.963. The van der Waals surface area contributed by atoms with E-state index in [4.69, 9.17) is 4.42 Å². The van der Waals surface area contributed by atoms with Gasteiger partial charge in [0.15, 0.2) is 5.58 Å². The molecule has 0 aliphatic heterocycles. The molecule has 63 heavy (non-hydrogen) atoms. The van der Waals surface area contributed by atoms with Crippen LogP contribution >= 0.6 is 0 Å². The Bertz CT molecular complexity index is 3470. The zero-order valence-corrected chi connectivity index (χ0v) is 35.8. The number of furan rings is 1. The van der Waals surface area contributed by atoms with Gasteiger partial charge >= 0.3 is 254 Å². The SMILES string of the molecule is c1ccc([SiH-](c2ccccc2)(c2ccccc2)c2cccc(-c3cccc(-c4cccc(-c5cccc6oc7c(-n8c9ccccc9c9ccccc98)cccc7c56)c4)c3)c2)cc1. The molecule has 0 amide bonds. The Hall–Kier alpha value is -7.98. The molecular formula is C60H42NOSi-. The molecule has 2 aromatic heterocycles. The standard InChI is InChI=1S/C60H42NOSi/c1-4-24-47(25-5-1)63(48-26-6-2-7-27-48,49-28-8-3-9-29-49)50-30-16-22-45(41-50)43-20-14-19-42(39-43)44-21-15-23-46(40-44)51-33-18-38-58-59(51)54-34-17-37-57(60(54)62-58)61-55-35-12-10-31-52(55)53-32-11-13-36-56(53)61/h1-41,63H/q-1. The molecule has 2 nitrogen and oxygen atoms in total. The van der Waals surface area contributed by atoms with E-state index in [1.165, 1.54) is 64.8 Å². The zero-order chi connectivity index (χ0) is 41.7. The van der Waals surface area contributed by atoms with Gasteiger partial charge in [-0.3, -0.25) is 0 Å². The average Bonchev–Trinajstić information content (AvgIpc) is 3.92. The Morgan fingerprint density at radius 3 is 1.33 bits per heavy atom. The van der Waals surface area contributed by atoms with Crippen molar-refractivity contribution >= 4 is 72.6 Å². The molecule has 0 atom stereocenters. The van der Waals surface area contributed by atoms with Crippen molar-refractivity contribution < 1.29 is 4.42 Å². The van der Waals surface area contributed by atoms with Crippen LogP contribution in [0.15, 0.2) is 253 Å². The summed E-state index contributed by atoms with van der Waals surface area (Å²) in [5, 5.41) is 10.3. The van der Waals surface area contributed by atoms with Crippen molar-refractivity contribution in [2.75, 3.05) is 0 Å². The van der Waals surface area contributed by atoms with Gasteiger partial charge in [-0.05, 0) is 24.3 Å². The summed E-state index contributed by atoms with van der Waals surface area (Å²) in [6.45, 7) is 0. The molecule has 12 rings (SSSR count). The van der Waals surface area contributed by atoms with Gasteiger partial charge in [0.25, 0.3) is 0 Å². The maximum absolute atomic E-state index is 6.85. The van der Waals surface area contributed by atoms with Crippen LogP contribution in [0.2, 0.25) is 0 Å². The van der Waals surface area contributed by atoms with E-state index in [1.807, 2.05) is 0 Å². The van der Waals surface area contributed by atoms with E-state index in [2.05, 4.69) is 253 Å². The van der Waals surface area contributed by atoms with Crippen LogP contribution in [0.25, 0.3) is 82.8 Å². The van der Waals surface area contributed by atoms with E-state index in [0.29, 0.717) is 0 Å². The van der Waals surface area contributed by atoms with Crippen LogP contribution in [0, 0.1) is 0 Å². The van der Waals surface area contributed by atoms with Crippen molar-refractivity contribution in [2.45, 2.75) is 0 Å². The van der Waals surface area contributed by atoms with Crippen molar-refractivity contribution in [3.8, 4) is 39.1 Å². The molecule has 0 aliphatic rings. The van der Waals surface area contributed by atoms with Crippen LogP contribution in [-0.4, -0.2) is 12.6 Å². The molecule has 10 aromatic carbocycles. The molecular weight excluding hydrogens is 779 g/mol. The van der Waals surface area contributed by atoms with Crippen molar-refractivity contribution in [1.29, 1.82) is 0 Å². The number of fused-ring (bicyclic) bond motifs is 6. The zero-order valence-electron chi connectivity index (χ0n) is 34.6. The molecule has 0 N–H and O–H groups in total. The summed E-state index contributed by atoms with van der Waals surface area (Å²) in [5.41, 5.74) is 12.2. The van der Waals surface area contributed by atoms with Gasteiger partial charge in [-0.25, -0.2) is 0 Å². The first kappa shape index (κ1) is 36.8. The topological polar surface area (TPSA) is 18.1 Å². The number of para-hydroxylation sites is 3. The van der Waals surface area contributed by atoms with Gasteiger partial charge in [-0.2, -0.15) is 0 Å². The predicted molar refractivity (Wildman–Crippen MR) is 269 cm³/mol. The summed E-state index contributed by atoms with van der Waals surface area (Å²) in [4.78, 5) is 0. The molecule has 0 aliphatic carbocycles. The number of hydrogen-bond donors (Lipinski definition) is 0. The Morgan fingerprint density at radius 2 is 0.746 bits per heavy atom. The van der Waals surface area contributed by atoms with E-state index < -0.39 is 8.07 Å². The molecule has 0 unspecified atom stereocenters. The van der Waals surface area contributed by atoms with Gasteiger partial charge in [0.2, 0.25) is 0 Å². The van der Waals surface area contributed by atoms with Gasteiger partial charge in [0.05, 0.1) is 16.7 Å². The summed E-state index contributed by atoms with van der Waals surface area (Å²) < 4.78 is 9.20. The number of aromatic nitrogens is 1. The molecule has 12 aromatic rings. The first-order valence-electron chi connectivity index (χ1n) is 21.8. The van der Waals surface area contributed by atoms with E-state index in [9.17, 15) is 0 Å². The maximum atomic E-state index is 6.85. The van der Waals surface area contributed by atoms with Crippen LogP contribution in [0.5, 0.6) is 0 Å². The quantitative estimate of drug-likeness (QED) is 0.110. The third-order valence-corrected chi connectivity index (χ3v) is 18.8. The van der Waals surface area contributed by atoms with Gasteiger partial charge < -0.3 is 8.98 Å². The molecule has 3 heteroatoms. The van der Waals surface area contributed by atoms with Crippen LogP contribution in [0.1, 0.15) is 0 Å². The summed E-state index contributed by atoms with van der Waals surface area (Å²) in [5.74, 6) is 0. The molecule has 0 bridgehead atoms. The van der Waals surface area contributed by atoms with Crippen LogP contribution in [-0.2, 0) is 0 Å². The minimum atomic E-state index is -3.11. The van der Waals surface area contributed by atoms with Crippen LogP contribution in [0.3, 0.4) is 0 Å². The summed E-state index contributed by atoms with van der Waals surface area (Å²) in [6.07, 6.45) is 0. The summed E-state index contributed by atoms with van der Waals surface area (Å²) in [6, 6.07) is 91.2. The van der Waals surface area contributed by atoms with Crippen molar-refractivity contribution in [2.24, 2.45) is 0 Å². The van der Waals surface area contributed by atoms with Crippen LogP contribution < -0.4 is 20.7 Å². The Labute approximate surface area is 367 Å². The fourth-order valence-electron chi connectivity index (χ4n) is 10.5. The second kappa shape index (κ2) is 15.2. The number of nitrogens with zero attached hydrogens (tertiary/aromatic N) is 1. The van der Waals surface area contributed by atoms with Gasteiger partial charge in [-0.15, -0.1) is 0 Å². The number of hydrogen-bond acceptors (Lipinski definition) is 1. The molecule has 298 valence electrons. The first-order chi connectivity index (χ1) is 31.3. The molecule has 0 spiro atoms. The number of rotatable bonds is 8. The van der Waals surface area contributed by atoms with Crippen LogP contribution in [0.4, 0.5) is 0 Å². The summed E-state index contributed by atoms with van der Waals surface area (Å²) in [7, 11) is -3.11. The second-order valence-electron chi connectivity index (χ2n) is 16.7. The van der Waals surface area contributed by atoms with Gasteiger partial charge in [0, 0.05) is 10.8 Å². The fourth-order valence-corrected chi connectivity index (χ4v) is 16.1. The van der Waals surface area contributed by atoms with E-state index in [-0.39, 0.29) is 0 Å². The van der Waals surface area contributed by atoms with Gasteiger partial charge in [-0.1, -0.05) is 48.5 Å². The molecule has 0 fully saturated rings. The second-order valence-corrected chi connectivity index (χ2v) is 21.1. The third kappa shape index (κ3) is 6.00. The molecule has 0 radical (unpaired) electrons. The normalized spacial score (nSPS) is 12.1. The van der Waals surface area contributed by atoms with Crippen molar-refractivity contribution in [3.63, 3.8) is 0 Å². The molecule has 0 saturated heterocycles. The van der Waals surface area contributed by atoms with Crippen molar-refractivity contribution in [3.05, 3.63) is 249 Å². The monoisotopic (exact) mass is 820 g/mol. The third-order valence-electron chi connectivity index (χ3n) is 13.3. The Kier molecular flexibility index (Phi) is 8.87. The average molecular weight is 821 g/mol. The number of benzene rings is 10. The molecule has 2 heterocycles. The minimum absolute atomic E-state index is 0.879. The fraction of sp³-hybridized carbons (Fsp3) is 0. The van der Waals surface area contributed by atoms with E-state index >= 15 is 0 Å².